The summed E-state index contributed by atoms with van der Waals surface area (Å²) in [6.07, 6.45) is 2.39. The maximum Gasteiger partial charge on any atom is 0.127 e. The van der Waals surface area contributed by atoms with E-state index in [1.807, 2.05) is 12.1 Å². The first-order chi connectivity index (χ1) is 8.65. The van der Waals surface area contributed by atoms with Crippen molar-refractivity contribution in [2.24, 2.45) is 5.92 Å². The Hall–Kier alpha value is -0.250. The summed E-state index contributed by atoms with van der Waals surface area (Å²) in [5.41, 5.74) is 2.41. The van der Waals surface area contributed by atoms with Crippen molar-refractivity contribution >= 4 is 27.5 Å². The molecule has 18 heavy (non-hydrogen) atoms. The van der Waals surface area contributed by atoms with Crippen LogP contribution in [0.5, 0.6) is 5.75 Å². The summed E-state index contributed by atoms with van der Waals surface area (Å²) in [4.78, 5) is 0.257. The molecule has 1 saturated heterocycles. The predicted molar refractivity (Wildman–Crippen MR) is 75.8 cm³/mol. The first kappa shape index (κ1) is 12.8. The number of hydrogen-bond donors (Lipinski definition) is 0. The molecule has 0 aliphatic carbocycles. The summed E-state index contributed by atoms with van der Waals surface area (Å²) in [5.74, 6) is 1.52. The Morgan fingerprint density at radius 3 is 3.00 bits per heavy atom. The number of hydrogen-bond acceptors (Lipinski definition) is 2. The van der Waals surface area contributed by atoms with E-state index in [4.69, 9.17) is 21.1 Å². The fourth-order valence-corrected chi connectivity index (χ4v) is 3.77. The zero-order valence-electron chi connectivity index (χ0n) is 10.3. The Kier molecular flexibility index (Phi) is 3.57. The fraction of sp³-hybridized carbons (Fsp3) is 0.571. The topological polar surface area (TPSA) is 18.5 Å². The van der Waals surface area contributed by atoms with E-state index in [0.29, 0.717) is 12.0 Å². The van der Waals surface area contributed by atoms with E-state index in [0.717, 1.165) is 36.8 Å². The van der Waals surface area contributed by atoms with E-state index in [1.165, 1.54) is 11.1 Å². The lowest BCUT2D eigenvalue weighted by Crippen LogP contribution is -2.09. The smallest absolute Gasteiger partial charge is 0.127 e. The molecule has 1 aromatic rings. The van der Waals surface area contributed by atoms with Crippen LogP contribution in [0.15, 0.2) is 12.1 Å². The molecule has 0 saturated carbocycles. The quantitative estimate of drug-likeness (QED) is 0.758. The lowest BCUT2D eigenvalue weighted by Gasteiger charge is -2.19. The van der Waals surface area contributed by atoms with Crippen molar-refractivity contribution < 1.29 is 9.47 Å². The number of rotatable bonds is 2. The third-order valence-corrected chi connectivity index (χ3v) is 5.18. The lowest BCUT2D eigenvalue weighted by atomic mass is 9.95. The van der Waals surface area contributed by atoms with Gasteiger partial charge in [-0.15, -0.1) is 0 Å². The maximum atomic E-state index is 6.20. The van der Waals surface area contributed by atoms with Crippen molar-refractivity contribution in [1.82, 2.24) is 0 Å². The molecule has 98 valence electrons. The first-order valence-corrected chi connectivity index (χ1v) is 7.65. The van der Waals surface area contributed by atoms with Gasteiger partial charge in [-0.25, -0.2) is 0 Å². The molecule has 0 radical (unpaired) electrons. The molecule has 0 aromatic heterocycles. The fourth-order valence-electron chi connectivity index (χ4n) is 2.81. The van der Waals surface area contributed by atoms with Crippen molar-refractivity contribution in [1.29, 1.82) is 0 Å². The van der Waals surface area contributed by atoms with Crippen molar-refractivity contribution in [3.8, 4) is 5.75 Å². The molecule has 1 aromatic carbocycles. The average Bonchev–Trinajstić information content (AvgIpc) is 2.95. The monoisotopic (exact) mass is 330 g/mol. The van der Waals surface area contributed by atoms with Crippen LogP contribution in [0.25, 0.3) is 0 Å². The number of ether oxygens (including phenoxy) is 2. The SMILES string of the molecule is CC1CC(C(Br)c2cc(Cl)cc3c2OCC3)CO1. The summed E-state index contributed by atoms with van der Waals surface area (Å²) in [7, 11) is 0. The van der Waals surface area contributed by atoms with Crippen LogP contribution in [-0.2, 0) is 11.2 Å². The molecule has 2 aliphatic rings. The minimum atomic E-state index is 0.257. The van der Waals surface area contributed by atoms with Gasteiger partial charge in [-0.2, -0.15) is 0 Å². The standard InChI is InChI=1S/C14H16BrClO2/c1-8-4-10(7-18-8)13(15)12-6-11(16)5-9-2-3-17-14(9)12/h5-6,8,10,13H,2-4,7H2,1H3. The van der Waals surface area contributed by atoms with Gasteiger partial charge in [0.1, 0.15) is 5.75 Å². The summed E-state index contributed by atoms with van der Waals surface area (Å²) < 4.78 is 11.4. The van der Waals surface area contributed by atoms with Crippen LogP contribution in [-0.4, -0.2) is 19.3 Å². The lowest BCUT2D eigenvalue weighted by molar-refractivity contribution is 0.120. The zero-order valence-corrected chi connectivity index (χ0v) is 12.6. The van der Waals surface area contributed by atoms with Gasteiger partial charge in [0.2, 0.25) is 0 Å². The highest BCUT2D eigenvalue weighted by Gasteiger charge is 2.32. The molecular formula is C14H16BrClO2. The first-order valence-electron chi connectivity index (χ1n) is 6.36. The number of halogens is 2. The van der Waals surface area contributed by atoms with Gasteiger partial charge < -0.3 is 9.47 Å². The highest BCUT2D eigenvalue weighted by Crippen LogP contribution is 2.45. The molecule has 4 heteroatoms. The van der Waals surface area contributed by atoms with Crippen LogP contribution in [0.3, 0.4) is 0 Å². The maximum absolute atomic E-state index is 6.20. The van der Waals surface area contributed by atoms with Crippen molar-refractivity contribution in [2.45, 2.75) is 30.7 Å². The van der Waals surface area contributed by atoms with Crippen molar-refractivity contribution in [3.63, 3.8) is 0 Å². The molecule has 0 N–H and O–H groups in total. The molecule has 2 nitrogen and oxygen atoms in total. The summed E-state index contributed by atoms with van der Waals surface area (Å²) in [6, 6.07) is 4.04. The average molecular weight is 332 g/mol. The van der Waals surface area contributed by atoms with E-state index in [-0.39, 0.29) is 4.83 Å². The van der Waals surface area contributed by atoms with Crippen molar-refractivity contribution in [2.75, 3.05) is 13.2 Å². The van der Waals surface area contributed by atoms with E-state index < -0.39 is 0 Å². The predicted octanol–water partition coefficient (Wildman–Crippen LogP) is 4.14. The van der Waals surface area contributed by atoms with Crippen LogP contribution < -0.4 is 4.74 Å². The van der Waals surface area contributed by atoms with Gasteiger partial charge in [0.25, 0.3) is 0 Å². The molecule has 2 aliphatic heterocycles. The Labute approximate surface area is 121 Å². The third-order valence-electron chi connectivity index (χ3n) is 3.72. The van der Waals surface area contributed by atoms with Crippen LogP contribution in [0.1, 0.15) is 29.3 Å². The zero-order chi connectivity index (χ0) is 12.7. The van der Waals surface area contributed by atoms with Gasteiger partial charge in [-0.05, 0) is 31.0 Å². The molecule has 2 heterocycles. The van der Waals surface area contributed by atoms with Gasteiger partial charge in [-0.1, -0.05) is 27.5 Å². The van der Waals surface area contributed by atoms with Gasteiger partial charge in [0.05, 0.1) is 19.3 Å². The van der Waals surface area contributed by atoms with E-state index in [1.54, 1.807) is 0 Å². The minimum Gasteiger partial charge on any atom is -0.493 e. The number of benzene rings is 1. The molecular weight excluding hydrogens is 316 g/mol. The summed E-state index contributed by atoms with van der Waals surface area (Å²) in [6.45, 7) is 3.69. The van der Waals surface area contributed by atoms with E-state index in [2.05, 4.69) is 22.9 Å². The largest absolute Gasteiger partial charge is 0.493 e. The Bertz CT molecular complexity index is 463. The second kappa shape index (κ2) is 5.03. The van der Waals surface area contributed by atoms with Gasteiger partial charge in [0.15, 0.2) is 0 Å². The molecule has 0 bridgehead atoms. The third kappa shape index (κ3) is 2.28. The van der Waals surface area contributed by atoms with Gasteiger partial charge in [-0.3, -0.25) is 0 Å². The molecule has 1 fully saturated rings. The molecule has 3 atom stereocenters. The molecule has 3 rings (SSSR count). The molecule has 0 spiro atoms. The van der Waals surface area contributed by atoms with Gasteiger partial charge >= 0.3 is 0 Å². The number of fused-ring (bicyclic) bond motifs is 1. The normalized spacial score (nSPS) is 27.9. The van der Waals surface area contributed by atoms with Crippen LogP contribution in [0.2, 0.25) is 5.02 Å². The van der Waals surface area contributed by atoms with Crippen LogP contribution in [0, 0.1) is 5.92 Å². The molecule has 3 unspecified atom stereocenters. The Balaban J connectivity index is 1.92. The Morgan fingerprint density at radius 1 is 1.44 bits per heavy atom. The highest BCUT2D eigenvalue weighted by atomic mass is 79.9. The van der Waals surface area contributed by atoms with E-state index in [9.17, 15) is 0 Å². The van der Waals surface area contributed by atoms with Crippen LogP contribution >= 0.6 is 27.5 Å². The second-order valence-corrected chi connectivity index (χ2v) is 6.55. The summed E-state index contributed by atoms with van der Waals surface area (Å²) in [5, 5.41) is 0.797. The Morgan fingerprint density at radius 2 is 2.28 bits per heavy atom. The minimum absolute atomic E-state index is 0.257. The number of alkyl halides is 1. The van der Waals surface area contributed by atoms with Crippen molar-refractivity contribution in [3.05, 3.63) is 28.3 Å². The highest BCUT2D eigenvalue weighted by molar-refractivity contribution is 9.09. The second-order valence-electron chi connectivity index (χ2n) is 5.12. The molecule has 0 amide bonds. The summed E-state index contributed by atoms with van der Waals surface area (Å²) >= 11 is 10.0. The van der Waals surface area contributed by atoms with Gasteiger partial charge in [0, 0.05) is 27.8 Å². The van der Waals surface area contributed by atoms with E-state index >= 15 is 0 Å². The van der Waals surface area contributed by atoms with Crippen LogP contribution in [0.4, 0.5) is 0 Å².